The molecule has 0 bridgehead atoms. The predicted octanol–water partition coefficient (Wildman–Crippen LogP) is 3.29. The zero-order valence-electron chi connectivity index (χ0n) is 12.0. The van der Waals surface area contributed by atoms with E-state index in [9.17, 15) is 4.79 Å². The summed E-state index contributed by atoms with van der Waals surface area (Å²) in [6, 6.07) is 2.52. The first-order chi connectivity index (χ1) is 9.71. The van der Waals surface area contributed by atoms with Gasteiger partial charge in [0, 0.05) is 6.04 Å². The standard InChI is InChI=1S/C16H22N2OS/c1-11(12-4-2-3-5-12)18-14(13-6-9-20-10-13)17-16(7-8-16)15(18)19/h6,9-12,14,17H,2-5,7-8H2,1H3. The largest absolute Gasteiger partial charge is 0.318 e. The highest BCUT2D eigenvalue weighted by molar-refractivity contribution is 7.08. The van der Waals surface area contributed by atoms with E-state index in [4.69, 9.17) is 0 Å². The van der Waals surface area contributed by atoms with Gasteiger partial charge in [0.25, 0.3) is 0 Å². The second kappa shape index (κ2) is 4.57. The van der Waals surface area contributed by atoms with Crippen LogP contribution >= 0.6 is 11.3 Å². The van der Waals surface area contributed by atoms with Crippen LogP contribution < -0.4 is 5.32 Å². The van der Waals surface area contributed by atoms with Gasteiger partial charge in [-0.05, 0) is 60.9 Å². The first kappa shape index (κ1) is 12.8. The molecule has 1 amide bonds. The molecule has 20 heavy (non-hydrogen) atoms. The molecule has 1 N–H and O–H groups in total. The molecule has 3 nitrogen and oxygen atoms in total. The summed E-state index contributed by atoms with van der Waals surface area (Å²) in [6.07, 6.45) is 7.37. The highest BCUT2D eigenvalue weighted by Crippen LogP contribution is 2.48. The van der Waals surface area contributed by atoms with Crippen LogP contribution in [0.2, 0.25) is 0 Å². The number of nitrogens with one attached hydrogen (secondary N) is 1. The van der Waals surface area contributed by atoms with Crippen molar-refractivity contribution in [2.75, 3.05) is 0 Å². The van der Waals surface area contributed by atoms with Crippen LogP contribution in [-0.2, 0) is 4.79 Å². The summed E-state index contributed by atoms with van der Waals surface area (Å²) >= 11 is 1.72. The van der Waals surface area contributed by atoms with Gasteiger partial charge < -0.3 is 4.90 Å². The number of carbonyl (C=O) groups excluding carboxylic acids is 1. The van der Waals surface area contributed by atoms with E-state index in [0.717, 1.165) is 12.8 Å². The van der Waals surface area contributed by atoms with E-state index in [1.165, 1.54) is 31.2 Å². The summed E-state index contributed by atoms with van der Waals surface area (Å²) in [4.78, 5) is 15.0. The van der Waals surface area contributed by atoms with Crippen molar-refractivity contribution >= 4 is 17.2 Å². The van der Waals surface area contributed by atoms with Crippen molar-refractivity contribution in [2.24, 2.45) is 5.92 Å². The number of amides is 1. The Bertz CT molecular complexity index is 503. The fourth-order valence-corrected chi connectivity index (χ4v) is 4.68. The maximum absolute atomic E-state index is 12.9. The van der Waals surface area contributed by atoms with Crippen LogP contribution in [0.25, 0.3) is 0 Å². The van der Waals surface area contributed by atoms with E-state index in [1.54, 1.807) is 11.3 Å². The lowest BCUT2D eigenvalue weighted by molar-refractivity contribution is -0.133. The number of hydrogen-bond donors (Lipinski definition) is 1. The SMILES string of the molecule is CC(C1CCCC1)N1C(=O)C2(CC2)NC1c1ccsc1. The van der Waals surface area contributed by atoms with E-state index in [-0.39, 0.29) is 11.7 Å². The van der Waals surface area contributed by atoms with Crippen LogP contribution in [0.4, 0.5) is 0 Å². The maximum Gasteiger partial charge on any atom is 0.244 e. The molecule has 2 aliphatic carbocycles. The minimum atomic E-state index is -0.209. The molecular weight excluding hydrogens is 268 g/mol. The number of hydrogen-bond acceptors (Lipinski definition) is 3. The predicted molar refractivity (Wildman–Crippen MR) is 80.4 cm³/mol. The molecule has 4 rings (SSSR count). The summed E-state index contributed by atoms with van der Waals surface area (Å²) in [6.45, 7) is 2.26. The van der Waals surface area contributed by atoms with Gasteiger partial charge in [0.15, 0.2) is 0 Å². The average molecular weight is 290 g/mol. The number of thiophene rings is 1. The number of nitrogens with zero attached hydrogens (tertiary/aromatic N) is 1. The molecule has 108 valence electrons. The molecule has 3 fully saturated rings. The van der Waals surface area contributed by atoms with Gasteiger partial charge in [0.05, 0.1) is 0 Å². The third kappa shape index (κ3) is 1.85. The summed E-state index contributed by atoms with van der Waals surface area (Å²) in [5.74, 6) is 1.05. The molecule has 1 aliphatic heterocycles. The molecule has 1 saturated heterocycles. The van der Waals surface area contributed by atoms with E-state index >= 15 is 0 Å². The van der Waals surface area contributed by atoms with Crippen LogP contribution in [0.5, 0.6) is 0 Å². The van der Waals surface area contributed by atoms with Crippen molar-refractivity contribution < 1.29 is 4.79 Å². The quantitative estimate of drug-likeness (QED) is 0.926. The van der Waals surface area contributed by atoms with Crippen molar-refractivity contribution in [2.45, 2.75) is 63.2 Å². The summed E-state index contributed by atoms with van der Waals surface area (Å²) in [7, 11) is 0. The van der Waals surface area contributed by atoms with Crippen molar-refractivity contribution in [1.29, 1.82) is 0 Å². The van der Waals surface area contributed by atoms with Gasteiger partial charge in [0.1, 0.15) is 11.7 Å². The first-order valence-corrected chi connectivity index (χ1v) is 8.78. The zero-order valence-corrected chi connectivity index (χ0v) is 12.8. The molecule has 0 radical (unpaired) electrons. The molecule has 2 unspecified atom stereocenters. The lowest BCUT2D eigenvalue weighted by atomic mass is 9.97. The Balaban J connectivity index is 1.64. The number of rotatable bonds is 3. The normalized spacial score (nSPS) is 30.4. The van der Waals surface area contributed by atoms with Crippen molar-refractivity contribution in [3.8, 4) is 0 Å². The molecule has 1 aromatic heterocycles. The van der Waals surface area contributed by atoms with Crippen LogP contribution in [0.1, 0.15) is 57.2 Å². The highest BCUT2D eigenvalue weighted by Gasteiger charge is 2.60. The van der Waals surface area contributed by atoms with Gasteiger partial charge in [-0.15, -0.1) is 0 Å². The second-order valence-corrected chi connectivity index (χ2v) is 7.46. The fourth-order valence-electron chi connectivity index (χ4n) is 4.00. The molecule has 0 aromatic carbocycles. The molecule has 1 spiro atoms. The number of carbonyl (C=O) groups is 1. The Morgan fingerprint density at radius 3 is 2.75 bits per heavy atom. The lowest BCUT2D eigenvalue weighted by Crippen LogP contribution is -2.42. The Labute approximate surface area is 124 Å². The highest BCUT2D eigenvalue weighted by atomic mass is 32.1. The first-order valence-electron chi connectivity index (χ1n) is 7.84. The lowest BCUT2D eigenvalue weighted by Gasteiger charge is -2.34. The Morgan fingerprint density at radius 2 is 2.15 bits per heavy atom. The van der Waals surface area contributed by atoms with E-state index in [2.05, 4.69) is 34.0 Å². The van der Waals surface area contributed by atoms with Crippen molar-refractivity contribution in [1.82, 2.24) is 10.2 Å². The smallest absolute Gasteiger partial charge is 0.244 e. The van der Waals surface area contributed by atoms with Crippen molar-refractivity contribution in [3.63, 3.8) is 0 Å². The molecule has 2 heterocycles. The molecule has 1 aromatic rings. The second-order valence-electron chi connectivity index (χ2n) is 6.68. The average Bonchev–Trinajstić information content (AvgIpc) is 2.92. The Morgan fingerprint density at radius 1 is 1.40 bits per heavy atom. The van der Waals surface area contributed by atoms with Gasteiger partial charge in [-0.1, -0.05) is 12.8 Å². The van der Waals surface area contributed by atoms with Crippen LogP contribution in [0.15, 0.2) is 16.8 Å². The Hall–Kier alpha value is -0.870. The van der Waals surface area contributed by atoms with Crippen molar-refractivity contribution in [3.05, 3.63) is 22.4 Å². The zero-order chi connectivity index (χ0) is 13.7. The van der Waals surface area contributed by atoms with Gasteiger partial charge in [-0.25, -0.2) is 0 Å². The minimum Gasteiger partial charge on any atom is -0.318 e. The fraction of sp³-hybridized carbons (Fsp3) is 0.688. The summed E-state index contributed by atoms with van der Waals surface area (Å²) < 4.78 is 0. The van der Waals surface area contributed by atoms with Gasteiger partial charge in [-0.2, -0.15) is 11.3 Å². The Kier molecular flexibility index (Phi) is 2.93. The van der Waals surface area contributed by atoms with E-state index < -0.39 is 0 Å². The molecule has 3 aliphatic rings. The van der Waals surface area contributed by atoms with Gasteiger partial charge in [-0.3, -0.25) is 10.1 Å². The third-order valence-corrected chi connectivity index (χ3v) is 6.17. The molecule has 2 atom stereocenters. The molecular formula is C16H22N2OS. The van der Waals surface area contributed by atoms with Crippen LogP contribution in [-0.4, -0.2) is 22.4 Å². The third-order valence-electron chi connectivity index (χ3n) is 5.46. The van der Waals surface area contributed by atoms with E-state index in [1.807, 2.05) is 0 Å². The minimum absolute atomic E-state index is 0.104. The molecule has 2 saturated carbocycles. The molecule has 4 heteroatoms. The summed E-state index contributed by atoms with van der Waals surface area (Å²) in [5, 5.41) is 7.92. The van der Waals surface area contributed by atoms with Crippen LogP contribution in [0.3, 0.4) is 0 Å². The monoisotopic (exact) mass is 290 g/mol. The topological polar surface area (TPSA) is 32.3 Å². The van der Waals surface area contributed by atoms with Crippen LogP contribution in [0, 0.1) is 5.92 Å². The van der Waals surface area contributed by atoms with E-state index in [0.29, 0.717) is 17.9 Å². The van der Waals surface area contributed by atoms with Gasteiger partial charge in [0.2, 0.25) is 5.91 Å². The summed E-state index contributed by atoms with van der Waals surface area (Å²) in [5.41, 5.74) is 1.05. The maximum atomic E-state index is 12.9. The van der Waals surface area contributed by atoms with Gasteiger partial charge >= 0.3 is 0 Å².